The van der Waals surface area contributed by atoms with E-state index in [9.17, 15) is 5.11 Å². The van der Waals surface area contributed by atoms with Gasteiger partial charge >= 0.3 is 0 Å². The Labute approximate surface area is 74.8 Å². The van der Waals surface area contributed by atoms with Crippen LogP contribution in [0.3, 0.4) is 0 Å². The lowest BCUT2D eigenvalue weighted by Gasteiger charge is -2.30. The summed E-state index contributed by atoms with van der Waals surface area (Å²) in [5.41, 5.74) is -0.981. The SMILES string of the molecule is CCC(C)(CO)NCC(C)(C)O. The smallest absolute Gasteiger partial charge is 0.0715 e. The van der Waals surface area contributed by atoms with Gasteiger partial charge in [0.25, 0.3) is 0 Å². The van der Waals surface area contributed by atoms with Crippen molar-refractivity contribution in [2.24, 2.45) is 0 Å². The number of aliphatic hydroxyl groups excluding tert-OH is 1. The summed E-state index contributed by atoms with van der Waals surface area (Å²) >= 11 is 0. The zero-order valence-electron chi connectivity index (χ0n) is 8.52. The molecule has 1 atom stereocenters. The van der Waals surface area contributed by atoms with Crippen molar-refractivity contribution >= 4 is 0 Å². The first-order valence-corrected chi connectivity index (χ1v) is 4.41. The summed E-state index contributed by atoms with van der Waals surface area (Å²) < 4.78 is 0. The molecule has 0 aromatic rings. The fraction of sp³-hybridized carbons (Fsp3) is 1.00. The topological polar surface area (TPSA) is 52.5 Å². The summed E-state index contributed by atoms with van der Waals surface area (Å²) in [5, 5.41) is 21.6. The highest BCUT2D eigenvalue weighted by Crippen LogP contribution is 2.09. The normalized spacial score (nSPS) is 17.5. The molecule has 3 N–H and O–H groups in total. The summed E-state index contributed by atoms with van der Waals surface area (Å²) in [6, 6.07) is 0. The average Bonchev–Trinajstić information content (AvgIpc) is 1.99. The van der Waals surface area contributed by atoms with Crippen LogP contribution in [0.5, 0.6) is 0 Å². The Morgan fingerprint density at radius 2 is 1.75 bits per heavy atom. The zero-order valence-corrected chi connectivity index (χ0v) is 8.52. The minimum atomic E-state index is -0.717. The van der Waals surface area contributed by atoms with E-state index in [-0.39, 0.29) is 12.1 Å². The van der Waals surface area contributed by atoms with Gasteiger partial charge < -0.3 is 15.5 Å². The third-order valence-electron chi connectivity index (χ3n) is 2.08. The lowest BCUT2D eigenvalue weighted by atomic mass is 9.98. The van der Waals surface area contributed by atoms with Crippen LogP contribution in [-0.2, 0) is 0 Å². The number of aliphatic hydroxyl groups is 2. The molecule has 0 saturated carbocycles. The summed E-state index contributed by atoms with van der Waals surface area (Å²) in [7, 11) is 0. The van der Waals surface area contributed by atoms with Crippen molar-refractivity contribution in [3.63, 3.8) is 0 Å². The molecule has 3 heteroatoms. The van der Waals surface area contributed by atoms with Crippen molar-refractivity contribution in [2.75, 3.05) is 13.2 Å². The van der Waals surface area contributed by atoms with Crippen LogP contribution in [0.4, 0.5) is 0 Å². The summed E-state index contributed by atoms with van der Waals surface area (Å²) in [6.45, 7) is 8.03. The molecule has 74 valence electrons. The molecule has 0 bridgehead atoms. The molecular formula is C9H21NO2. The molecule has 12 heavy (non-hydrogen) atoms. The molecule has 0 aromatic heterocycles. The Morgan fingerprint density at radius 3 is 2.00 bits per heavy atom. The first-order valence-electron chi connectivity index (χ1n) is 4.41. The van der Waals surface area contributed by atoms with E-state index in [1.807, 2.05) is 13.8 Å². The minimum Gasteiger partial charge on any atom is -0.394 e. The van der Waals surface area contributed by atoms with Crippen molar-refractivity contribution in [1.82, 2.24) is 5.32 Å². The van der Waals surface area contributed by atoms with E-state index in [4.69, 9.17) is 5.11 Å². The molecule has 1 unspecified atom stereocenters. The lowest BCUT2D eigenvalue weighted by molar-refractivity contribution is 0.0604. The first-order chi connectivity index (χ1) is 5.33. The molecule has 0 fully saturated rings. The van der Waals surface area contributed by atoms with E-state index < -0.39 is 5.60 Å². The Bertz CT molecular complexity index is 125. The number of rotatable bonds is 5. The molecule has 0 saturated heterocycles. The standard InChI is InChI=1S/C9H21NO2/c1-5-9(4,7-11)10-6-8(2,3)12/h10-12H,5-7H2,1-4H3. The third-order valence-corrected chi connectivity index (χ3v) is 2.08. The molecule has 0 aliphatic rings. The van der Waals surface area contributed by atoms with Gasteiger partial charge in [-0.1, -0.05) is 6.92 Å². The molecule has 0 aliphatic carbocycles. The highest BCUT2D eigenvalue weighted by Gasteiger charge is 2.23. The Hall–Kier alpha value is -0.120. The number of nitrogens with one attached hydrogen (secondary N) is 1. The van der Waals surface area contributed by atoms with Crippen molar-refractivity contribution in [1.29, 1.82) is 0 Å². The third kappa shape index (κ3) is 4.70. The van der Waals surface area contributed by atoms with Crippen LogP contribution in [0.15, 0.2) is 0 Å². The van der Waals surface area contributed by atoms with Gasteiger partial charge in [-0.15, -0.1) is 0 Å². The monoisotopic (exact) mass is 175 g/mol. The van der Waals surface area contributed by atoms with E-state index in [1.165, 1.54) is 0 Å². The molecule has 0 rings (SSSR count). The molecule has 0 heterocycles. The fourth-order valence-corrected chi connectivity index (χ4v) is 0.722. The Kier molecular flexibility index (Phi) is 4.17. The Balaban J connectivity index is 3.89. The molecular weight excluding hydrogens is 154 g/mol. The van der Waals surface area contributed by atoms with E-state index in [0.29, 0.717) is 6.54 Å². The second-order valence-electron chi connectivity index (χ2n) is 4.24. The summed E-state index contributed by atoms with van der Waals surface area (Å²) in [5.74, 6) is 0. The van der Waals surface area contributed by atoms with Crippen molar-refractivity contribution < 1.29 is 10.2 Å². The maximum atomic E-state index is 9.43. The average molecular weight is 175 g/mol. The van der Waals surface area contributed by atoms with Crippen LogP contribution in [0.1, 0.15) is 34.1 Å². The van der Waals surface area contributed by atoms with Gasteiger partial charge in [-0.25, -0.2) is 0 Å². The molecule has 0 spiro atoms. The van der Waals surface area contributed by atoms with E-state index in [1.54, 1.807) is 13.8 Å². The highest BCUT2D eigenvalue weighted by molar-refractivity contribution is 4.83. The van der Waals surface area contributed by atoms with Gasteiger partial charge in [0.1, 0.15) is 0 Å². The summed E-state index contributed by atoms with van der Waals surface area (Å²) in [6.07, 6.45) is 0.847. The lowest BCUT2D eigenvalue weighted by Crippen LogP contribution is -2.50. The predicted octanol–water partition coefficient (Wildman–Crippen LogP) is 0.508. The maximum Gasteiger partial charge on any atom is 0.0715 e. The Morgan fingerprint density at radius 1 is 1.25 bits per heavy atom. The summed E-state index contributed by atoms with van der Waals surface area (Å²) in [4.78, 5) is 0. The van der Waals surface area contributed by atoms with Crippen LogP contribution in [0.2, 0.25) is 0 Å². The van der Waals surface area contributed by atoms with Crippen LogP contribution in [0.25, 0.3) is 0 Å². The van der Waals surface area contributed by atoms with Gasteiger partial charge in [0.05, 0.1) is 12.2 Å². The minimum absolute atomic E-state index is 0.0968. The number of hydrogen-bond donors (Lipinski definition) is 3. The van der Waals surface area contributed by atoms with Crippen LogP contribution >= 0.6 is 0 Å². The maximum absolute atomic E-state index is 9.43. The van der Waals surface area contributed by atoms with Gasteiger partial charge in [-0.05, 0) is 27.2 Å². The molecule has 3 nitrogen and oxygen atoms in total. The van der Waals surface area contributed by atoms with E-state index in [2.05, 4.69) is 5.32 Å². The van der Waals surface area contributed by atoms with E-state index >= 15 is 0 Å². The molecule has 0 aromatic carbocycles. The van der Waals surface area contributed by atoms with E-state index in [0.717, 1.165) is 6.42 Å². The molecule has 0 aliphatic heterocycles. The predicted molar refractivity (Wildman–Crippen MR) is 50.1 cm³/mol. The largest absolute Gasteiger partial charge is 0.394 e. The van der Waals surface area contributed by atoms with Crippen LogP contribution in [0, 0.1) is 0 Å². The van der Waals surface area contributed by atoms with Crippen LogP contribution in [-0.4, -0.2) is 34.5 Å². The molecule has 0 radical (unpaired) electrons. The second kappa shape index (κ2) is 4.21. The first kappa shape index (κ1) is 11.9. The quantitative estimate of drug-likeness (QED) is 0.570. The fourth-order valence-electron chi connectivity index (χ4n) is 0.722. The second-order valence-corrected chi connectivity index (χ2v) is 4.24. The van der Waals surface area contributed by atoms with Crippen molar-refractivity contribution in [2.45, 2.75) is 45.3 Å². The van der Waals surface area contributed by atoms with Crippen molar-refractivity contribution in [3.05, 3.63) is 0 Å². The van der Waals surface area contributed by atoms with Gasteiger partial charge in [-0.2, -0.15) is 0 Å². The molecule has 0 amide bonds. The highest BCUT2D eigenvalue weighted by atomic mass is 16.3. The van der Waals surface area contributed by atoms with Gasteiger partial charge in [0.2, 0.25) is 0 Å². The van der Waals surface area contributed by atoms with Crippen molar-refractivity contribution in [3.8, 4) is 0 Å². The van der Waals surface area contributed by atoms with Gasteiger partial charge in [-0.3, -0.25) is 0 Å². The number of β-amino-alcohol motifs (C(OH)–C–C–N with tert-alkyl or cyclic N) is 1. The van der Waals surface area contributed by atoms with Gasteiger partial charge in [0.15, 0.2) is 0 Å². The van der Waals surface area contributed by atoms with Gasteiger partial charge in [0, 0.05) is 12.1 Å². The van der Waals surface area contributed by atoms with Crippen LogP contribution < -0.4 is 5.32 Å². The number of hydrogen-bond acceptors (Lipinski definition) is 3. The zero-order chi connectivity index (χ0) is 9.83.